The molecule has 3 rings (SSSR count). The van der Waals surface area contributed by atoms with Crippen LogP contribution in [0.5, 0.6) is 5.75 Å². The molecule has 134 valence electrons. The van der Waals surface area contributed by atoms with Crippen molar-refractivity contribution in [3.8, 4) is 5.75 Å². The summed E-state index contributed by atoms with van der Waals surface area (Å²) in [7, 11) is 0. The van der Waals surface area contributed by atoms with E-state index in [-0.39, 0.29) is 0 Å². The summed E-state index contributed by atoms with van der Waals surface area (Å²) >= 11 is 7.27. The van der Waals surface area contributed by atoms with E-state index in [1.54, 1.807) is 0 Å². The van der Waals surface area contributed by atoms with Gasteiger partial charge in [-0.3, -0.25) is 0 Å². The van der Waals surface area contributed by atoms with E-state index in [9.17, 15) is 0 Å². The van der Waals surface area contributed by atoms with Gasteiger partial charge in [-0.1, -0.05) is 36.4 Å². The lowest BCUT2D eigenvalue weighted by Crippen LogP contribution is -2.02. The lowest BCUT2D eigenvalue weighted by atomic mass is 10.1. The fourth-order valence-electron chi connectivity index (χ4n) is 2.64. The van der Waals surface area contributed by atoms with E-state index in [2.05, 4.69) is 93.5 Å². The second-order valence-electron chi connectivity index (χ2n) is 6.32. The molecule has 4 heteroatoms. The second kappa shape index (κ2) is 8.74. The van der Waals surface area contributed by atoms with Gasteiger partial charge in [0.25, 0.3) is 0 Å². The molecule has 0 aromatic heterocycles. The molecular weight excluding hydrogens is 454 g/mol. The molecule has 0 radical (unpaired) electrons. The number of ether oxygens (including phenoxy) is 1. The predicted octanol–water partition coefficient (Wildman–Crippen LogP) is 7.02. The maximum atomic E-state index is 5.99. The monoisotopic (exact) mass is 473 g/mol. The molecule has 0 saturated heterocycles. The van der Waals surface area contributed by atoms with E-state index in [0.29, 0.717) is 6.61 Å². The van der Waals surface area contributed by atoms with Gasteiger partial charge in [-0.15, -0.1) is 0 Å². The minimum Gasteiger partial charge on any atom is -0.487 e. The van der Waals surface area contributed by atoms with Gasteiger partial charge >= 0.3 is 0 Å². The highest BCUT2D eigenvalue weighted by atomic mass is 79.9. The lowest BCUT2D eigenvalue weighted by molar-refractivity contribution is 0.302. The highest BCUT2D eigenvalue weighted by Crippen LogP contribution is 2.35. The normalized spacial score (nSPS) is 10.6. The first-order valence-electron chi connectivity index (χ1n) is 8.48. The quantitative estimate of drug-likeness (QED) is 0.414. The Kier molecular flexibility index (Phi) is 6.38. The number of anilines is 1. The molecule has 0 fully saturated rings. The predicted molar refractivity (Wildman–Crippen MR) is 116 cm³/mol. The Bertz CT molecular complexity index is 871. The zero-order chi connectivity index (χ0) is 18.5. The van der Waals surface area contributed by atoms with Crippen LogP contribution < -0.4 is 10.1 Å². The molecule has 0 spiro atoms. The topological polar surface area (TPSA) is 21.3 Å². The van der Waals surface area contributed by atoms with Crippen molar-refractivity contribution in [1.29, 1.82) is 0 Å². The van der Waals surface area contributed by atoms with Crippen molar-refractivity contribution in [2.24, 2.45) is 0 Å². The summed E-state index contributed by atoms with van der Waals surface area (Å²) in [5, 5.41) is 3.48. The molecule has 1 N–H and O–H groups in total. The molecule has 0 aliphatic heterocycles. The van der Waals surface area contributed by atoms with Gasteiger partial charge in [0.05, 0.1) is 8.95 Å². The Morgan fingerprint density at radius 1 is 0.808 bits per heavy atom. The Labute approximate surface area is 171 Å². The third kappa shape index (κ3) is 4.89. The van der Waals surface area contributed by atoms with Crippen LogP contribution in [0.4, 0.5) is 5.69 Å². The van der Waals surface area contributed by atoms with Gasteiger partial charge in [0.1, 0.15) is 12.4 Å². The zero-order valence-corrected chi connectivity index (χ0v) is 18.0. The summed E-state index contributed by atoms with van der Waals surface area (Å²) in [5.41, 5.74) is 6.05. The van der Waals surface area contributed by atoms with E-state index in [1.165, 1.54) is 16.7 Å². The van der Waals surface area contributed by atoms with Crippen molar-refractivity contribution in [3.05, 3.63) is 91.9 Å². The van der Waals surface area contributed by atoms with E-state index in [4.69, 9.17) is 4.74 Å². The van der Waals surface area contributed by atoms with Crippen molar-refractivity contribution in [2.75, 3.05) is 5.32 Å². The second-order valence-corrected chi connectivity index (χ2v) is 8.02. The summed E-state index contributed by atoms with van der Waals surface area (Å²) in [4.78, 5) is 0. The molecule has 3 aromatic carbocycles. The smallest absolute Gasteiger partial charge is 0.148 e. The fraction of sp³-hybridized carbons (Fsp3) is 0.182. The standard InChI is InChI=1S/C22H21Br2NO/c1-15-8-9-19(10-16(15)2)25-13-18-11-20(23)22(21(24)12-18)26-14-17-6-4-3-5-7-17/h3-12,25H,13-14H2,1-2H3. The van der Waals surface area contributed by atoms with E-state index >= 15 is 0 Å². The summed E-state index contributed by atoms with van der Waals surface area (Å²) in [6, 6.07) is 20.8. The number of halogens is 2. The van der Waals surface area contributed by atoms with E-state index in [1.807, 2.05) is 18.2 Å². The van der Waals surface area contributed by atoms with Crippen LogP contribution in [0.25, 0.3) is 0 Å². The first-order chi connectivity index (χ1) is 12.5. The van der Waals surface area contributed by atoms with Crippen molar-refractivity contribution < 1.29 is 4.74 Å². The number of hydrogen-bond donors (Lipinski definition) is 1. The summed E-state index contributed by atoms with van der Waals surface area (Å²) in [6.45, 7) is 5.55. The highest BCUT2D eigenvalue weighted by molar-refractivity contribution is 9.11. The molecule has 0 bridgehead atoms. The average molecular weight is 475 g/mol. The van der Waals surface area contributed by atoms with Crippen LogP contribution in [0, 0.1) is 13.8 Å². The van der Waals surface area contributed by atoms with Crippen molar-refractivity contribution in [3.63, 3.8) is 0 Å². The molecule has 0 aliphatic rings. The first-order valence-corrected chi connectivity index (χ1v) is 10.1. The molecular formula is C22H21Br2NO. The highest BCUT2D eigenvalue weighted by Gasteiger charge is 2.10. The third-order valence-corrected chi connectivity index (χ3v) is 5.47. The largest absolute Gasteiger partial charge is 0.487 e. The number of hydrogen-bond acceptors (Lipinski definition) is 2. The molecule has 0 amide bonds. The lowest BCUT2D eigenvalue weighted by Gasteiger charge is -2.14. The molecule has 2 nitrogen and oxygen atoms in total. The van der Waals surface area contributed by atoms with Gasteiger partial charge in [0.2, 0.25) is 0 Å². The number of benzene rings is 3. The van der Waals surface area contributed by atoms with Gasteiger partial charge in [0, 0.05) is 12.2 Å². The van der Waals surface area contributed by atoms with Gasteiger partial charge < -0.3 is 10.1 Å². The van der Waals surface area contributed by atoms with E-state index in [0.717, 1.165) is 32.5 Å². The van der Waals surface area contributed by atoms with Gasteiger partial charge in [-0.25, -0.2) is 0 Å². The molecule has 26 heavy (non-hydrogen) atoms. The van der Waals surface area contributed by atoms with Crippen molar-refractivity contribution in [1.82, 2.24) is 0 Å². The van der Waals surface area contributed by atoms with Gasteiger partial charge in [-0.05, 0) is 92.2 Å². The van der Waals surface area contributed by atoms with Crippen LogP contribution in [0.3, 0.4) is 0 Å². The number of rotatable bonds is 6. The van der Waals surface area contributed by atoms with Crippen molar-refractivity contribution >= 4 is 37.5 Å². The van der Waals surface area contributed by atoms with Crippen LogP contribution in [0.1, 0.15) is 22.3 Å². The molecule has 3 aromatic rings. The molecule has 0 saturated carbocycles. The number of aryl methyl sites for hydroxylation is 2. The maximum absolute atomic E-state index is 5.99. The molecule has 0 atom stereocenters. The minimum atomic E-state index is 0.540. The third-order valence-electron chi connectivity index (χ3n) is 4.29. The maximum Gasteiger partial charge on any atom is 0.148 e. The SMILES string of the molecule is Cc1ccc(NCc2cc(Br)c(OCc3ccccc3)c(Br)c2)cc1C. The average Bonchev–Trinajstić information content (AvgIpc) is 2.63. The van der Waals surface area contributed by atoms with Crippen LogP contribution in [-0.4, -0.2) is 0 Å². The van der Waals surface area contributed by atoms with Crippen LogP contribution in [0.15, 0.2) is 69.6 Å². The minimum absolute atomic E-state index is 0.540. The van der Waals surface area contributed by atoms with Crippen molar-refractivity contribution in [2.45, 2.75) is 27.0 Å². The Hall–Kier alpha value is -1.78. The Morgan fingerprint density at radius 2 is 1.50 bits per heavy atom. The molecule has 0 heterocycles. The van der Waals surface area contributed by atoms with E-state index < -0.39 is 0 Å². The first kappa shape index (κ1) is 19.0. The summed E-state index contributed by atoms with van der Waals surface area (Å²) in [5.74, 6) is 0.823. The summed E-state index contributed by atoms with van der Waals surface area (Å²) in [6.07, 6.45) is 0. The number of nitrogens with one attached hydrogen (secondary N) is 1. The van der Waals surface area contributed by atoms with Crippen LogP contribution >= 0.6 is 31.9 Å². The molecule has 0 unspecified atom stereocenters. The van der Waals surface area contributed by atoms with Gasteiger partial charge in [0.15, 0.2) is 0 Å². The van der Waals surface area contributed by atoms with Crippen LogP contribution in [0.2, 0.25) is 0 Å². The summed E-state index contributed by atoms with van der Waals surface area (Å²) < 4.78 is 7.87. The molecule has 0 aliphatic carbocycles. The zero-order valence-electron chi connectivity index (χ0n) is 14.9. The van der Waals surface area contributed by atoms with Gasteiger partial charge in [-0.2, -0.15) is 0 Å². The van der Waals surface area contributed by atoms with Crippen LogP contribution in [-0.2, 0) is 13.2 Å². The Balaban J connectivity index is 1.67. The Morgan fingerprint density at radius 3 is 2.15 bits per heavy atom. The fourth-order valence-corrected chi connectivity index (χ4v) is 4.15.